The van der Waals surface area contributed by atoms with Gasteiger partial charge in [0.25, 0.3) is 0 Å². The molecule has 0 bridgehead atoms. The first-order chi connectivity index (χ1) is 10.2. The molecule has 1 aliphatic heterocycles. The molecule has 0 unspecified atom stereocenters. The highest BCUT2D eigenvalue weighted by Gasteiger charge is 2.31. The number of rotatable bonds is 7. The molecule has 1 saturated heterocycles. The molecule has 0 aliphatic carbocycles. The van der Waals surface area contributed by atoms with Gasteiger partial charge in [0.1, 0.15) is 6.61 Å². The molecule has 1 aromatic heterocycles. The van der Waals surface area contributed by atoms with Gasteiger partial charge < -0.3 is 14.6 Å². The normalized spacial score (nSPS) is 17.9. The largest absolute Gasteiger partial charge is 0.461 e. The summed E-state index contributed by atoms with van der Waals surface area (Å²) in [7, 11) is 0. The Hall–Kier alpha value is -1.32. The van der Waals surface area contributed by atoms with E-state index in [1.54, 1.807) is 12.3 Å². The first-order valence-corrected chi connectivity index (χ1v) is 8.32. The van der Waals surface area contributed by atoms with Crippen molar-refractivity contribution < 1.29 is 24.2 Å². The number of esters is 1. The molecule has 1 N–H and O–H groups in total. The smallest absolute Gasteiger partial charge is 0.410 e. The Morgan fingerprint density at radius 2 is 2.52 bits per heavy atom. The molecule has 7 nitrogen and oxygen atoms in total. The van der Waals surface area contributed by atoms with Crippen LogP contribution in [0.2, 0.25) is 0 Å². The molecule has 0 saturated carbocycles. The number of thioether (sulfide) groups is 1. The number of carbonyl (C=O) groups excluding carboxylic acids is 2. The van der Waals surface area contributed by atoms with Crippen LogP contribution in [0.1, 0.15) is 17.4 Å². The average molecular weight is 332 g/mol. The van der Waals surface area contributed by atoms with Gasteiger partial charge in [0.2, 0.25) is 0 Å². The average Bonchev–Trinajstić information content (AvgIpc) is 3.07. The molecule has 9 heteroatoms. The summed E-state index contributed by atoms with van der Waals surface area (Å²) in [5.41, 5.74) is 0.304. The maximum absolute atomic E-state index is 11.5. The lowest BCUT2D eigenvalue weighted by molar-refractivity contribution is 0.0520. The van der Waals surface area contributed by atoms with E-state index in [9.17, 15) is 9.59 Å². The predicted octanol–water partition coefficient (Wildman–Crippen LogP) is 1.22. The summed E-state index contributed by atoms with van der Waals surface area (Å²) < 4.78 is 10.5. The Bertz CT molecular complexity index is 508. The van der Waals surface area contributed by atoms with Gasteiger partial charge in [-0.1, -0.05) is 11.8 Å². The molecule has 0 radical (unpaired) electrons. The van der Waals surface area contributed by atoms with Crippen LogP contribution in [0.15, 0.2) is 9.72 Å². The van der Waals surface area contributed by atoms with Crippen molar-refractivity contribution in [3.05, 3.63) is 11.1 Å². The van der Waals surface area contributed by atoms with Gasteiger partial charge in [-0.05, 0) is 6.92 Å². The van der Waals surface area contributed by atoms with Gasteiger partial charge >= 0.3 is 12.1 Å². The Kier molecular flexibility index (Phi) is 5.83. The van der Waals surface area contributed by atoms with Crippen LogP contribution in [0, 0.1) is 0 Å². The third kappa shape index (κ3) is 4.08. The number of thiazole rings is 1. The minimum atomic E-state index is -0.427. The van der Waals surface area contributed by atoms with Crippen LogP contribution in [-0.4, -0.2) is 65.2 Å². The molecule has 21 heavy (non-hydrogen) atoms. The number of amides is 1. The molecule has 0 aromatic carbocycles. The van der Waals surface area contributed by atoms with Crippen molar-refractivity contribution in [2.45, 2.75) is 17.3 Å². The quantitative estimate of drug-likeness (QED) is 0.593. The monoisotopic (exact) mass is 332 g/mol. The number of aliphatic hydroxyl groups excluding tert-OH is 1. The highest BCUT2D eigenvalue weighted by atomic mass is 32.2. The molecule has 1 amide bonds. The zero-order valence-electron chi connectivity index (χ0n) is 11.5. The van der Waals surface area contributed by atoms with Gasteiger partial charge in [-0.2, -0.15) is 0 Å². The maximum Gasteiger partial charge on any atom is 0.410 e. The van der Waals surface area contributed by atoms with Crippen LogP contribution < -0.4 is 0 Å². The lowest BCUT2D eigenvalue weighted by Crippen LogP contribution is -2.37. The second-order valence-corrected chi connectivity index (χ2v) is 6.37. The van der Waals surface area contributed by atoms with E-state index in [4.69, 9.17) is 14.6 Å². The lowest BCUT2D eigenvalue weighted by Gasteiger charge is -2.18. The summed E-state index contributed by atoms with van der Waals surface area (Å²) in [6, 6.07) is -0.274. The molecular weight excluding hydrogens is 316 g/mol. The zero-order valence-corrected chi connectivity index (χ0v) is 13.1. The predicted molar refractivity (Wildman–Crippen MR) is 77.7 cm³/mol. The summed E-state index contributed by atoms with van der Waals surface area (Å²) in [5.74, 6) is 0.186. The topological polar surface area (TPSA) is 89.0 Å². The lowest BCUT2D eigenvalue weighted by atomic mass is 10.3. The molecule has 116 valence electrons. The standard InChI is InChI=1S/C12H16N2O5S2/c1-2-18-10(16)9-7-21-11(13-9)20-4-3-14-8(5-15)6-19-12(14)17/h7-8,15H,2-6H2,1H3/t8-/m0/s1. The van der Waals surface area contributed by atoms with Crippen molar-refractivity contribution in [1.29, 1.82) is 0 Å². The first-order valence-electron chi connectivity index (χ1n) is 6.45. The van der Waals surface area contributed by atoms with Gasteiger partial charge in [0.15, 0.2) is 10.0 Å². The first kappa shape index (κ1) is 16.1. The van der Waals surface area contributed by atoms with E-state index < -0.39 is 12.1 Å². The zero-order chi connectivity index (χ0) is 15.2. The van der Waals surface area contributed by atoms with Crippen LogP contribution >= 0.6 is 23.1 Å². The number of aliphatic hydroxyl groups is 1. The van der Waals surface area contributed by atoms with Crippen molar-refractivity contribution in [3.63, 3.8) is 0 Å². The van der Waals surface area contributed by atoms with Crippen LogP contribution in [0.4, 0.5) is 4.79 Å². The molecule has 1 aliphatic rings. The minimum Gasteiger partial charge on any atom is -0.461 e. The van der Waals surface area contributed by atoms with Gasteiger partial charge in [-0.3, -0.25) is 4.90 Å². The second-order valence-electron chi connectivity index (χ2n) is 4.17. The van der Waals surface area contributed by atoms with Crippen molar-refractivity contribution >= 4 is 35.2 Å². The number of hydrogen-bond acceptors (Lipinski definition) is 8. The number of nitrogens with zero attached hydrogens (tertiary/aromatic N) is 2. The third-order valence-corrected chi connectivity index (χ3v) is 4.81. The summed E-state index contributed by atoms with van der Waals surface area (Å²) >= 11 is 2.81. The molecule has 1 aromatic rings. The fourth-order valence-corrected chi connectivity index (χ4v) is 3.57. The van der Waals surface area contributed by atoms with Crippen LogP contribution in [0.3, 0.4) is 0 Å². The molecule has 2 heterocycles. The summed E-state index contributed by atoms with van der Waals surface area (Å²) in [5, 5.41) is 10.8. The van der Waals surface area contributed by atoms with Gasteiger partial charge in [0, 0.05) is 17.7 Å². The summed E-state index contributed by atoms with van der Waals surface area (Å²) in [6.07, 6.45) is -0.402. The Morgan fingerprint density at radius 1 is 1.71 bits per heavy atom. The minimum absolute atomic E-state index is 0.110. The number of hydrogen-bond donors (Lipinski definition) is 1. The molecule has 1 atom stereocenters. The van der Waals surface area contributed by atoms with E-state index in [1.165, 1.54) is 28.0 Å². The number of aromatic nitrogens is 1. The highest BCUT2D eigenvalue weighted by Crippen LogP contribution is 2.24. The summed E-state index contributed by atoms with van der Waals surface area (Å²) in [4.78, 5) is 28.6. The van der Waals surface area contributed by atoms with Crippen molar-refractivity contribution in [1.82, 2.24) is 9.88 Å². The van der Waals surface area contributed by atoms with E-state index in [1.807, 2.05) is 0 Å². The Balaban J connectivity index is 1.81. The van der Waals surface area contributed by atoms with Gasteiger partial charge in [-0.15, -0.1) is 11.3 Å². The molecule has 1 fully saturated rings. The summed E-state index contributed by atoms with van der Waals surface area (Å²) in [6.45, 7) is 2.64. The fraction of sp³-hybridized carbons (Fsp3) is 0.583. The molecule has 0 spiro atoms. The van der Waals surface area contributed by atoms with Crippen LogP contribution in [0.25, 0.3) is 0 Å². The highest BCUT2D eigenvalue weighted by molar-refractivity contribution is 8.01. The van der Waals surface area contributed by atoms with E-state index in [0.717, 1.165) is 4.34 Å². The number of ether oxygens (including phenoxy) is 2. The number of carbonyl (C=O) groups is 2. The van der Waals surface area contributed by atoms with Crippen LogP contribution in [-0.2, 0) is 9.47 Å². The van der Waals surface area contributed by atoms with Crippen molar-refractivity contribution in [2.24, 2.45) is 0 Å². The Labute approximate surface area is 130 Å². The number of cyclic esters (lactones) is 1. The maximum atomic E-state index is 11.5. The van der Waals surface area contributed by atoms with E-state index in [-0.39, 0.29) is 19.3 Å². The van der Waals surface area contributed by atoms with E-state index in [0.29, 0.717) is 24.6 Å². The second kappa shape index (κ2) is 7.62. The third-order valence-electron chi connectivity index (χ3n) is 2.81. The molecule has 2 rings (SSSR count). The SMILES string of the molecule is CCOC(=O)c1csc(SCCN2C(=O)OC[C@@H]2CO)n1. The fourth-order valence-electron chi connectivity index (χ4n) is 1.77. The van der Waals surface area contributed by atoms with Crippen molar-refractivity contribution in [3.8, 4) is 0 Å². The van der Waals surface area contributed by atoms with Crippen molar-refractivity contribution in [2.75, 3.05) is 32.1 Å². The van der Waals surface area contributed by atoms with E-state index >= 15 is 0 Å². The Morgan fingerprint density at radius 3 is 3.24 bits per heavy atom. The molecular formula is C12H16N2O5S2. The van der Waals surface area contributed by atoms with E-state index in [2.05, 4.69) is 4.98 Å². The van der Waals surface area contributed by atoms with Crippen LogP contribution in [0.5, 0.6) is 0 Å². The van der Waals surface area contributed by atoms with Gasteiger partial charge in [-0.25, -0.2) is 14.6 Å². The van der Waals surface area contributed by atoms with Gasteiger partial charge in [0.05, 0.1) is 19.3 Å².